The standard InChI is InChI=1S/C12H14BrN3O/c1-7-4-5-9(13)11(17-3)10(7)8-6-15-16(2)12(8)14/h4-6H,14H2,1-3H3. The van der Waals surface area contributed by atoms with Crippen molar-refractivity contribution >= 4 is 21.7 Å². The number of rotatable bonds is 2. The molecular weight excluding hydrogens is 282 g/mol. The summed E-state index contributed by atoms with van der Waals surface area (Å²) in [6.45, 7) is 2.02. The molecule has 2 N–H and O–H groups in total. The van der Waals surface area contributed by atoms with Crippen molar-refractivity contribution < 1.29 is 4.74 Å². The first-order valence-corrected chi connectivity index (χ1v) is 5.96. The van der Waals surface area contributed by atoms with Crippen LogP contribution < -0.4 is 10.5 Å². The molecule has 0 aliphatic carbocycles. The zero-order chi connectivity index (χ0) is 12.6. The molecule has 1 heterocycles. The van der Waals surface area contributed by atoms with E-state index in [0.29, 0.717) is 5.82 Å². The molecule has 0 bridgehead atoms. The molecule has 0 amide bonds. The van der Waals surface area contributed by atoms with Gasteiger partial charge in [-0.2, -0.15) is 5.10 Å². The van der Waals surface area contributed by atoms with E-state index in [1.165, 1.54) is 0 Å². The molecule has 5 heteroatoms. The maximum Gasteiger partial charge on any atom is 0.141 e. The van der Waals surface area contributed by atoms with Crippen LogP contribution in [0.1, 0.15) is 5.56 Å². The number of aromatic nitrogens is 2. The Bertz CT molecular complexity index is 563. The number of hydrogen-bond donors (Lipinski definition) is 1. The van der Waals surface area contributed by atoms with Gasteiger partial charge in [-0.05, 0) is 34.5 Å². The number of aryl methyl sites for hydroxylation is 2. The molecule has 0 radical (unpaired) electrons. The zero-order valence-corrected chi connectivity index (χ0v) is 11.6. The topological polar surface area (TPSA) is 53.1 Å². The molecule has 0 saturated heterocycles. The molecule has 0 unspecified atom stereocenters. The van der Waals surface area contributed by atoms with Crippen LogP contribution in [0.25, 0.3) is 11.1 Å². The normalized spacial score (nSPS) is 10.6. The number of halogens is 1. The molecule has 4 nitrogen and oxygen atoms in total. The SMILES string of the molecule is COc1c(Br)ccc(C)c1-c1cnn(C)c1N. The third-order valence-corrected chi connectivity index (χ3v) is 3.40. The van der Waals surface area contributed by atoms with E-state index < -0.39 is 0 Å². The van der Waals surface area contributed by atoms with Crippen LogP contribution in [0.5, 0.6) is 5.75 Å². The van der Waals surface area contributed by atoms with Crippen LogP contribution in [-0.2, 0) is 7.05 Å². The highest BCUT2D eigenvalue weighted by atomic mass is 79.9. The highest BCUT2D eigenvalue weighted by molar-refractivity contribution is 9.10. The Morgan fingerprint density at radius 2 is 2.12 bits per heavy atom. The Morgan fingerprint density at radius 3 is 2.65 bits per heavy atom. The summed E-state index contributed by atoms with van der Waals surface area (Å²) >= 11 is 3.48. The Morgan fingerprint density at radius 1 is 1.41 bits per heavy atom. The summed E-state index contributed by atoms with van der Waals surface area (Å²) in [5.74, 6) is 1.41. The van der Waals surface area contributed by atoms with Crippen LogP contribution in [0.4, 0.5) is 5.82 Å². The minimum absolute atomic E-state index is 0.629. The Balaban J connectivity index is 2.74. The summed E-state index contributed by atoms with van der Waals surface area (Å²) in [4.78, 5) is 0. The third-order valence-electron chi connectivity index (χ3n) is 2.78. The maximum atomic E-state index is 6.01. The molecule has 1 aromatic heterocycles. The summed E-state index contributed by atoms with van der Waals surface area (Å²) in [6.07, 6.45) is 1.76. The van der Waals surface area contributed by atoms with Crippen molar-refractivity contribution in [1.29, 1.82) is 0 Å². The van der Waals surface area contributed by atoms with Gasteiger partial charge in [0.15, 0.2) is 0 Å². The van der Waals surface area contributed by atoms with Crippen LogP contribution in [0.2, 0.25) is 0 Å². The van der Waals surface area contributed by atoms with Gasteiger partial charge in [0.1, 0.15) is 11.6 Å². The van der Waals surface area contributed by atoms with Gasteiger partial charge in [0.25, 0.3) is 0 Å². The number of hydrogen-bond acceptors (Lipinski definition) is 3. The average molecular weight is 296 g/mol. The van der Waals surface area contributed by atoms with Gasteiger partial charge in [0.2, 0.25) is 0 Å². The first-order chi connectivity index (χ1) is 8.06. The lowest BCUT2D eigenvalue weighted by Gasteiger charge is -2.13. The second-order valence-corrected chi connectivity index (χ2v) is 4.69. The van der Waals surface area contributed by atoms with Crippen molar-refractivity contribution in [3.63, 3.8) is 0 Å². The highest BCUT2D eigenvalue weighted by Crippen LogP contribution is 2.40. The van der Waals surface area contributed by atoms with E-state index in [-0.39, 0.29) is 0 Å². The quantitative estimate of drug-likeness (QED) is 0.927. The van der Waals surface area contributed by atoms with Gasteiger partial charge in [0, 0.05) is 18.2 Å². The zero-order valence-electron chi connectivity index (χ0n) is 9.99. The van der Waals surface area contributed by atoms with Crippen molar-refractivity contribution in [1.82, 2.24) is 9.78 Å². The Hall–Kier alpha value is -1.49. The van der Waals surface area contributed by atoms with Gasteiger partial charge in [-0.25, -0.2) is 0 Å². The highest BCUT2D eigenvalue weighted by Gasteiger charge is 2.17. The number of nitrogens with two attached hydrogens (primary N) is 1. The molecular formula is C12H14BrN3O. The summed E-state index contributed by atoms with van der Waals surface area (Å²) in [6, 6.07) is 3.98. The van der Waals surface area contributed by atoms with Crippen molar-refractivity contribution in [2.24, 2.45) is 7.05 Å². The second kappa shape index (κ2) is 4.41. The van der Waals surface area contributed by atoms with Gasteiger partial charge >= 0.3 is 0 Å². The fourth-order valence-electron chi connectivity index (χ4n) is 1.83. The first-order valence-electron chi connectivity index (χ1n) is 5.17. The summed E-state index contributed by atoms with van der Waals surface area (Å²) in [7, 11) is 3.47. The number of benzene rings is 1. The molecule has 0 fully saturated rings. The monoisotopic (exact) mass is 295 g/mol. The third kappa shape index (κ3) is 1.91. The Labute approximate surface area is 109 Å². The lowest BCUT2D eigenvalue weighted by atomic mass is 10.0. The largest absolute Gasteiger partial charge is 0.495 e. The van der Waals surface area contributed by atoms with E-state index in [4.69, 9.17) is 10.5 Å². The fraction of sp³-hybridized carbons (Fsp3) is 0.250. The van der Waals surface area contributed by atoms with E-state index in [9.17, 15) is 0 Å². The molecule has 90 valence electrons. The molecule has 2 aromatic rings. The van der Waals surface area contributed by atoms with Crippen molar-refractivity contribution in [3.8, 4) is 16.9 Å². The first kappa shape index (κ1) is 12.0. The van der Waals surface area contributed by atoms with Crippen LogP contribution in [0.3, 0.4) is 0 Å². The Kier molecular flexibility index (Phi) is 3.11. The van der Waals surface area contributed by atoms with Gasteiger partial charge in [-0.15, -0.1) is 0 Å². The van der Waals surface area contributed by atoms with Crippen molar-refractivity contribution in [2.45, 2.75) is 6.92 Å². The summed E-state index contributed by atoms with van der Waals surface area (Å²) in [5, 5.41) is 4.16. The molecule has 1 aromatic carbocycles. The predicted octanol–water partition coefficient (Wildman–Crippen LogP) is 2.75. The minimum Gasteiger partial charge on any atom is -0.495 e. The predicted molar refractivity (Wildman–Crippen MR) is 72.0 cm³/mol. The molecule has 0 aliphatic rings. The molecule has 0 saturated carbocycles. The van der Waals surface area contributed by atoms with E-state index >= 15 is 0 Å². The molecule has 0 spiro atoms. The fourth-order valence-corrected chi connectivity index (χ4v) is 2.32. The molecule has 17 heavy (non-hydrogen) atoms. The average Bonchev–Trinajstić information content (AvgIpc) is 2.63. The molecule has 0 atom stereocenters. The summed E-state index contributed by atoms with van der Waals surface area (Å²) < 4.78 is 7.99. The van der Waals surface area contributed by atoms with E-state index in [1.54, 1.807) is 18.0 Å². The lowest BCUT2D eigenvalue weighted by Crippen LogP contribution is -1.99. The van der Waals surface area contributed by atoms with Crippen molar-refractivity contribution in [2.75, 3.05) is 12.8 Å². The molecule has 2 rings (SSSR count). The van der Waals surface area contributed by atoms with Crippen LogP contribution >= 0.6 is 15.9 Å². The van der Waals surface area contributed by atoms with Crippen molar-refractivity contribution in [3.05, 3.63) is 28.4 Å². The second-order valence-electron chi connectivity index (χ2n) is 3.84. The number of ether oxygens (including phenoxy) is 1. The van der Waals surface area contributed by atoms with Crippen LogP contribution in [0.15, 0.2) is 22.8 Å². The smallest absolute Gasteiger partial charge is 0.141 e. The molecule has 0 aliphatic heterocycles. The van der Waals surface area contributed by atoms with Gasteiger partial charge < -0.3 is 10.5 Å². The van der Waals surface area contributed by atoms with Gasteiger partial charge in [0.05, 0.1) is 17.8 Å². The number of anilines is 1. The lowest BCUT2D eigenvalue weighted by molar-refractivity contribution is 0.413. The summed E-state index contributed by atoms with van der Waals surface area (Å²) in [5.41, 5.74) is 8.98. The number of nitrogen functional groups attached to an aromatic ring is 1. The number of nitrogens with zero attached hydrogens (tertiary/aromatic N) is 2. The van der Waals surface area contributed by atoms with Crippen LogP contribution in [0, 0.1) is 6.92 Å². The number of methoxy groups -OCH3 is 1. The van der Waals surface area contributed by atoms with Crippen LogP contribution in [-0.4, -0.2) is 16.9 Å². The van der Waals surface area contributed by atoms with Gasteiger partial charge in [-0.3, -0.25) is 4.68 Å². The van der Waals surface area contributed by atoms with E-state index in [0.717, 1.165) is 26.9 Å². The van der Waals surface area contributed by atoms with E-state index in [1.807, 2.05) is 26.1 Å². The minimum atomic E-state index is 0.629. The van der Waals surface area contributed by atoms with E-state index in [2.05, 4.69) is 21.0 Å². The maximum absolute atomic E-state index is 6.01. The van der Waals surface area contributed by atoms with Gasteiger partial charge in [-0.1, -0.05) is 6.07 Å².